The molecule has 1 aromatic carbocycles. The first-order valence-corrected chi connectivity index (χ1v) is 15.6. The van der Waals surface area contributed by atoms with Crippen molar-refractivity contribution in [3.8, 4) is 11.3 Å². The van der Waals surface area contributed by atoms with Crippen molar-refractivity contribution in [2.45, 2.75) is 44.6 Å². The van der Waals surface area contributed by atoms with Crippen molar-refractivity contribution in [1.29, 1.82) is 0 Å². The molecule has 6 nitrogen and oxygen atoms in total. The highest BCUT2D eigenvalue weighted by Crippen LogP contribution is 2.29. The maximum Gasteiger partial charge on any atom is 0.233 e. The smallest absolute Gasteiger partial charge is 0.233 e. The monoisotopic (exact) mass is 552 g/mol. The third-order valence-electron chi connectivity index (χ3n) is 5.93. The predicted octanol–water partition coefficient (Wildman–Crippen LogP) is 5.94. The number of benzene rings is 1. The van der Waals surface area contributed by atoms with Crippen molar-refractivity contribution in [2.24, 2.45) is 0 Å². The molecule has 3 heterocycles. The number of nitrogens with zero attached hydrogens (tertiary/aromatic N) is 3. The Morgan fingerprint density at radius 1 is 1.05 bits per heavy atom. The van der Waals surface area contributed by atoms with Crippen molar-refractivity contribution >= 4 is 49.3 Å². The summed E-state index contributed by atoms with van der Waals surface area (Å²) in [6.45, 7) is 7.36. The third kappa shape index (κ3) is 7.28. The number of thiazole rings is 1. The number of hydrogen-bond donors (Lipinski definition) is 1. The second kappa shape index (κ2) is 12.0. The summed E-state index contributed by atoms with van der Waals surface area (Å²) in [5.74, 6) is 3.89. The minimum Gasteiger partial charge on any atom is -0.347 e. The van der Waals surface area contributed by atoms with Gasteiger partial charge < -0.3 is 4.90 Å². The van der Waals surface area contributed by atoms with E-state index in [1.54, 1.807) is 34.8 Å². The zero-order valence-electron chi connectivity index (χ0n) is 21.3. The third-order valence-corrected chi connectivity index (χ3v) is 9.23. The molecule has 1 unspecified atom stereocenters. The minimum atomic E-state index is -3.02. The van der Waals surface area contributed by atoms with Crippen LogP contribution in [0.3, 0.4) is 0 Å². The Balaban J connectivity index is 1.46. The van der Waals surface area contributed by atoms with Gasteiger partial charge in [-0.05, 0) is 54.3 Å². The molecule has 1 atom stereocenters. The first-order valence-electron chi connectivity index (χ1n) is 12.2. The lowest BCUT2D eigenvalue weighted by molar-refractivity contribution is -0.119. The number of nitrogens with one attached hydrogen (secondary N) is 1. The van der Waals surface area contributed by atoms with E-state index in [-0.39, 0.29) is 17.4 Å². The van der Waals surface area contributed by atoms with Crippen LogP contribution in [0.1, 0.15) is 42.3 Å². The topological polar surface area (TPSA) is 75.2 Å². The molecule has 0 aliphatic carbocycles. The lowest BCUT2D eigenvalue weighted by atomic mass is 10.0. The maximum absolute atomic E-state index is 13.0. The fourth-order valence-corrected chi connectivity index (χ4v) is 6.56. The Morgan fingerprint density at radius 3 is 2.51 bits per heavy atom. The Labute approximate surface area is 227 Å². The fraction of sp³-hybridized carbons (Fsp3) is 0.286. The molecule has 1 amide bonds. The van der Waals surface area contributed by atoms with Crippen LogP contribution in [0.2, 0.25) is 0 Å². The van der Waals surface area contributed by atoms with E-state index in [4.69, 9.17) is 4.98 Å². The van der Waals surface area contributed by atoms with Crippen LogP contribution in [0.15, 0.2) is 70.4 Å². The Morgan fingerprint density at radius 2 is 1.84 bits per heavy atom. The van der Waals surface area contributed by atoms with Gasteiger partial charge in [0.1, 0.15) is 5.03 Å². The Kier molecular flexibility index (Phi) is 8.79. The van der Waals surface area contributed by atoms with Crippen LogP contribution < -0.4 is 9.62 Å². The summed E-state index contributed by atoms with van der Waals surface area (Å²) in [4.78, 5) is 25.4. The number of amides is 1. The number of aryl methyl sites for hydroxylation is 1. The second-order valence-electron chi connectivity index (χ2n) is 9.18. The van der Waals surface area contributed by atoms with E-state index in [2.05, 4.69) is 75.4 Å². The van der Waals surface area contributed by atoms with Crippen molar-refractivity contribution in [1.82, 2.24) is 14.7 Å². The van der Waals surface area contributed by atoms with Gasteiger partial charge in [-0.1, -0.05) is 50.2 Å². The van der Waals surface area contributed by atoms with Crippen molar-refractivity contribution < 1.29 is 9.00 Å². The van der Waals surface area contributed by atoms with Crippen molar-refractivity contribution in [3.63, 3.8) is 0 Å². The molecule has 0 fully saturated rings. The van der Waals surface area contributed by atoms with Crippen LogP contribution in [-0.4, -0.2) is 39.0 Å². The number of aromatic nitrogens is 2. The molecule has 194 valence electrons. The molecule has 1 N–H and O–H groups in total. The van der Waals surface area contributed by atoms with Crippen LogP contribution in [0.4, 0.5) is 5.13 Å². The average Bonchev–Trinajstić information content (AvgIpc) is 3.57. The summed E-state index contributed by atoms with van der Waals surface area (Å²) in [6.07, 6.45) is 1.03. The predicted molar refractivity (Wildman–Crippen MR) is 157 cm³/mol. The molecular weight excluding hydrogens is 521 g/mol. The van der Waals surface area contributed by atoms with E-state index in [0.717, 1.165) is 35.0 Å². The summed E-state index contributed by atoms with van der Waals surface area (Å²) < 4.78 is 15.6. The quantitative estimate of drug-likeness (QED) is 0.233. The van der Waals surface area contributed by atoms with Gasteiger partial charge in [0.25, 0.3) is 0 Å². The second-order valence-corrected chi connectivity index (χ2v) is 13.0. The van der Waals surface area contributed by atoms with Gasteiger partial charge in [0.2, 0.25) is 5.91 Å². The Bertz CT molecular complexity index is 1430. The van der Waals surface area contributed by atoms with Crippen LogP contribution in [-0.2, 0) is 20.9 Å². The highest BCUT2D eigenvalue weighted by molar-refractivity contribution is 7.99. The minimum absolute atomic E-state index is 0.167. The van der Waals surface area contributed by atoms with Crippen LogP contribution in [0, 0.1) is 6.92 Å². The molecule has 0 aliphatic rings. The molecule has 0 saturated heterocycles. The summed E-state index contributed by atoms with van der Waals surface area (Å²) in [5.41, 5.74) is 4.02. The molecule has 9 heteroatoms. The van der Waals surface area contributed by atoms with Gasteiger partial charge in [-0.2, -0.15) is 0 Å². The summed E-state index contributed by atoms with van der Waals surface area (Å²) >= 11 is 3.29. The van der Waals surface area contributed by atoms with Gasteiger partial charge in [-0.3, -0.25) is 9.52 Å². The molecule has 3 aromatic heterocycles. The highest BCUT2D eigenvalue weighted by Gasteiger charge is 2.17. The normalized spacial score (nSPS) is 12.9. The molecular formula is C28H32N4O2S3. The van der Waals surface area contributed by atoms with Crippen molar-refractivity contribution in [3.05, 3.63) is 81.5 Å². The fourth-order valence-electron chi connectivity index (χ4n) is 3.81. The molecule has 0 radical (unpaired) electrons. The molecule has 0 bridgehead atoms. The maximum atomic E-state index is 13.0. The van der Waals surface area contributed by atoms with Gasteiger partial charge in [-0.15, -0.1) is 22.7 Å². The van der Waals surface area contributed by atoms with E-state index in [1.165, 1.54) is 10.4 Å². The zero-order chi connectivity index (χ0) is 26.4. The van der Waals surface area contributed by atoms with Crippen LogP contribution in [0.25, 0.3) is 11.3 Å². The molecule has 0 aliphatic heterocycles. The first kappa shape index (κ1) is 27.0. The average molecular weight is 553 g/mol. The lowest BCUT2D eigenvalue weighted by Gasteiger charge is -2.21. The van der Waals surface area contributed by atoms with Crippen LogP contribution in [0.5, 0.6) is 0 Å². The number of carbonyl (C=O) groups excluding carboxylic acids is 1. The highest BCUT2D eigenvalue weighted by atomic mass is 32.2. The summed E-state index contributed by atoms with van der Waals surface area (Å²) in [5, 5.41) is 5.27. The van der Waals surface area contributed by atoms with E-state index in [0.29, 0.717) is 12.5 Å². The number of carbonyl (C=O) groups is 1. The standard InChI is InChI=1S/C28H32N4O2S3/c1-20(2)22-10-12-23(13-11-22)25-19-36-28(30-25)32(16-14-24-8-6-18-35-24)17-15-26(33)31-37(4,34)27-9-5-7-21(3)29-27/h5-13,18-20H,4,14-17H2,1-3H3,(H,31,33,34). The number of anilines is 1. The van der Waals surface area contributed by atoms with Gasteiger partial charge in [0, 0.05) is 41.0 Å². The van der Waals surface area contributed by atoms with E-state index >= 15 is 0 Å². The van der Waals surface area contributed by atoms with Gasteiger partial charge >= 0.3 is 0 Å². The summed E-state index contributed by atoms with van der Waals surface area (Å²) in [7, 11) is -3.02. The molecule has 37 heavy (non-hydrogen) atoms. The first-order chi connectivity index (χ1) is 17.7. The number of thiophene rings is 1. The van der Waals surface area contributed by atoms with Crippen molar-refractivity contribution in [2.75, 3.05) is 18.0 Å². The number of hydrogen-bond acceptors (Lipinski definition) is 7. The summed E-state index contributed by atoms with van der Waals surface area (Å²) in [6, 6.07) is 17.9. The van der Waals surface area contributed by atoms with Gasteiger partial charge in [-0.25, -0.2) is 14.2 Å². The largest absolute Gasteiger partial charge is 0.347 e. The van der Waals surface area contributed by atoms with Gasteiger partial charge in [0.05, 0.1) is 15.4 Å². The Hall–Kier alpha value is -3.01. The van der Waals surface area contributed by atoms with Crippen LogP contribution >= 0.6 is 22.7 Å². The lowest BCUT2D eigenvalue weighted by Crippen LogP contribution is -2.35. The van der Waals surface area contributed by atoms with E-state index < -0.39 is 9.71 Å². The molecule has 4 aromatic rings. The van der Waals surface area contributed by atoms with E-state index in [9.17, 15) is 9.00 Å². The van der Waals surface area contributed by atoms with E-state index in [1.807, 2.05) is 19.1 Å². The molecule has 4 rings (SSSR count). The van der Waals surface area contributed by atoms with Gasteiger partial charge in [0.15, 0.2) is 5.13 Å². The zero-order valence-corrected chi connectivity index (χ0v) is 23.8. The number of rotatable bonds is 11. The molecule has 0 saturated carbocycles. The number of pyridine rings is 1. The molecule has 0 spiro atoms. The SMILES string of the molecule is C=S(=O)(NC(=O)CCN(CCc1cccs1)c1nc(-c2ccc(C(C)C)cc2)cs1)c1cccc(C)n1.